The number of aromatic nitrogens is 2. The zero-order chi connectivity index (χ0) is 15.3. The van der Waals surface area contributed by atoms with E-state index < -0.39 is 0 Å². The number of aromatic amines is 1. The fraction of sp³-hybridized carbons (Fsp3) is 0.733. The number of halogens is 1. The van der Waals surface area contributed by atoms with Crippen molar-refractivity contribution < 1.29 is 0 Å². The van der Waals surface area contributed by atoms with E-state index in [1.54, 1.807) is 0 Å². The van der Waals surface area contributed by atoms with Crippen molar-refractivity contribution in [2.75, 3.05) is 0 Å². The van der Waals surface area contributed by atoms with Crippen LogP contribution < -0.4 is 11.2 Å². The van der Waals surface area contributed by atoms with Gasteiger partial charge in [-0.3, -0.25) is 14.3 Å². The first-order valence-corrected chi connectivity index (χ1v) is 7.85. The molecule has 1 aromatic heterocycles. The van der Waals surface area contributed by atoms with E-state index in [1.807, 2.05) is 13.8 Å². The van der Waals surface area contributed by atoms with Gasteiger partial charge in [-0.2, -0.15) is 0 Å². The lowest BCUT2D eigenvalue weighted by Crippen LogP contribution is -2.40. The fourth-order valence-electron chi connectivity index (χ4n) is 2.54. The van der Waals surface area contributed by atoms with Crippen molar-refractivity contribution in [2.45, 2.75) is 71.8 Å². The largest absolute Gasteiger partial charge is 0.329 e. The molecule has 114 valence electrons. The average molecular weight is 301 g/mol. The maximum atomic E-state index is 12.6. The van der Waals surface area contributed by atoms with Gasteiger partial charge in [0.25, 0.3) is 5.56 Å². The van der Waals surface area contributed by atoms with Crippen molar-refractivity contribution in [3.63, 3.8) is 0 Å². The molecule has 0 fully saturated rings. The van der Waals surface area contributed by atoms with Gasteiger partial charge in [-0.05, 0) is 18.8 Å². The smallest absolute Gasteiger partial charge is 0.297 e. The third kappa shape index (κ3) is 3.75. The number of nitrogens with zero attached hydrogens (tertiary/aromatic N) is 1. The third-order valence-corrected chi connectivity index (χ3v) is 3.87. The summed E-state index contributed by atoms with van der Waals surface area (Å²) in [5, 5.41) is 0.178. The highest BCUT2D eigenvalue weighted by atomic mass is 35.5. The van der Waals surface area contributed by atoms with Crippen molar-refractivity contribution in [1.29, 1.82) is 0 Å². The second-order valence-corrected chi connectivity index (χ2v) is 5.95. The second kappa shape index (κ2) is 7.67. The molecule has 4 nitrogen and oxygen atoms in total. The Morgan fingerprint density at radius 2 is 1.80 bits per heavy atom. The summed E-state index contributed by atoms with van der Waals surface area (Å²) in [7, 11) is 0. The van der Waals surface area contributed by atoms with Crippen molar-refractivity contribution in [3.05, 3.63) is 31.6 Å². The molecular formula is C15H25ClN2O2. The quantitative estimate of drug-likeness (QED) is 0.778. The molecule has 1 heterocycles. The molecule has 20 heavy (non-hydrogen) atoms. The predicted octanol–water partition coefficient (Wildman–Crippen LogP) is 3.84. The predicted molar refractivity (Wildman–Crippen MR) is 83.9 cm³/mol. The van der Waals surface area contributed by atoms with E-state index in [1.165, 1.54) is 4.57 Å². The standard InChI is InChI=1S/C15H25ClN2O2/c1-5-7-9-11(8-6-2)18-14(19)12(10(3)4)13(16)17-15(18)20/h10-11H,5-9H2,1-4H3,(H,17,20). The SMILES string of the molecule is CCCCC(CCC)n1c(=O)[nH]c(Cl)c(C(C)C)c1=O. The minimum Gasteiger partial charge on any atom is -0.297 e. The molecule has 0 saturated carbocycles. The Kier molecular flexibility index (Phi) is 6.53. The van der Waals surface area contributed by atoms with E-state index in [0.29, 0.717) is 5.56 Å². The summed E-state index contributed by atoms with van der Waals surface area (Å²) in [5.74, 6) is -0.00782. The minimum atomic E-state index is -0.390. The first-order chi connectivity index (χ1) is 9.43. The van der Waals surface area contributed by atoms with Gasteiger partial charge in [-0.1, -0.05) is 58.6 Å². The van der Waals surface area contributed by atoms with Crippen LogP contribution in [0.15, 0.2) is 9.59 Å². The van der Waals surface area contributed by atoms with Crippen LogP contribution in [0.3, 0.4) is 0 Å². The van der Waals surface area contributed by atoms with Crippen molar-refractivity contribution in [2.24, 2.45) is 0 Å². The lowest BCUT2D eigenvalue weighted by molar-refractivity contribution is 0.390. The lowest BCUT2D eigenvalue weighted by atomic mass is 10.0. The summed E-state index contributed by atoms with van der Waals surface area (Å²) >= 11 is 6.02. The summed E-state index contributed by atoms with van der Waals surface area (Å²) in [6, 6.07) is -0.0361. The molecule has 0 radical (unpaired) electrons. The molecule has 0 aromatic carbocycles. The van der Waals surface area contributed by atoms with E-state index in [2.05, 4.69) is 18.8 Å². The van der Waals surface area contributed by atoms with Crippen molar-refractivity contribution in [1.82, 2.24) is 9.55 Å². The van der Waals surface area contributed by atoms with Gasteiger partial charge in [-0.25, -0.2) is 4.79 Å². The van der Waals surface area contributed by atoms with Crippen LogP contribution >= 0.6 is 11.6 Å². The monoisotopic (exact) mass is 300 g/mol. The van der Waals surface area contributed by atoms with Gasteiger partial charge < -0.3 is 0 Å². The van der Waals surface area contributed by atoms with E-state index in [-0.39, 0.29) is 28.4 Å². The first kappa shape index (κ1) is 17.0. The molecule has 0 saturated heterocycles. The van der Waals surface area contributed by atoms with Crippen LogP contribution in [0.2, 0.25) is 5.15 Å². The van der Waals surface area contributed by atoms with E-state index in [9.17, 15) is 9.59 Å². The Balaban J connectivity index is 3.37. The highest BCUT2D eigenvalue weighted by Gasteiger charge is 2.20. The van der Waals surface area contributed by atoms with Gasteiger partial charge in [0.15, 0.2) is 0 Å². The molecule has 0 spiro atoms. The first-order valence-electron chi connectivity index (χ1n) is 7.48. The Bertz CT molecular complexity index is 546. The average Bonchev–Trinajstić information content (AvgIpc) is 2.34. The maximum Gasteiger partial charge on any atom is 0.329 e. The zero-order valence-corrected chi connectivity index (χ0v) is 13.6. The maximum absolute atomic E-state index is 12.6. The zero-order valence-electron chi connectivity index (χ0n) is 12.8. The molecule has 1 N–H and O–H groups in total. The van der Waals surface area contributed by atoms with Gasteiger partial charge in [0.2, 0.25) is 0 Å². The fourth-order valence-corrected chi connectivity index (χ4v) is 2.92. The number of hydrogen-bond donors (Lipinski definition) is 1. The van der Waals surface area contributed by atoms with Crippen LogP contribution in [0, 0.1) is 0 Å². The molecule has 1 unspecified atom stereocenters. The molecule has 1 rings (SSSR count). The number of unbranched alkanes of at least 4 members (excludes halogenated alkanes) is 1. The van der Waals surface area contributed by atoms with Crippen LogP contribution in [0.1, 0.15) is 77.3 Å². The Hall–Kier alpha value is -1.03. The highest BCUT2D eigenvalue weighted by Crippen LogP contribution is 2.21. The molecule has 5 heteroatoms. The van der Waals surface area contributed by atoms with Crippen LogP contribution in [-0.4, -0.2) is 9.55 Å². The van der Waals surface area contributed by atoms with Crippen LogP contribution in [-0.2, 0) is 0 Å². The van der Waals surface area contributed by atoms with E-state index >= 15 is 0 Å². The molecular weight excluding hydrogens is 276 g/mol. The summed E-state index contributed by atoms with van der Waals surface area (Å²) in [5.41, 5.74) is -0.119. The number of hydrogen-bond acceptors (Lipinski definition) is 2. The molecule has 0 aliphatic heterocycles. The van der Waals surface area contributed by atoms with Crippen molar-refractivity contribution >= 4 is 11.6 Å². The molecule has 0 aliphatic carbocycles. The highest BCUT2D eigenvalue weighted by molar-refractivity contribution is 6.30. The van der Waals surface area contributed by atoms with E-state index in [0.717, 1.165) is 32.1 Å². The second-order valence-electron chi connectivity index (χ2n) is 5.57. The van der Waals surface area contributed by atoms with Gasteiger partial charge in [0.1, 0.15) is 5.15 Å². The van der Waals surface area contributed by atoms with Gasteiger partial charge in [0.05, 0.1) is 5.56 Å². The van der Waals surface area contributed by atoms with Crippen LogP contribution in [0.4, 0.5) is 0 Å². The molecule has 1 atom stereocenters. The summed E-state index contributed by atoms with van der Waals surface area (Å²) in [4.78, 5) is 27.3. The number of rotatable bonds is 7. The molecule has 0 amide bonds. The molecule has 0 aliphatic rings. The van der Waals surface area contributed by atoms with E-state index in [4.69, 9.17) is 11.6 Å². The topological polar surface area (TPSA) is 54.9 Å². The van der Waals surface area contributed by atoms with Crippen molar-refractivity contribution in [3.8, 4) is 0 Å². The molecule has 1 aromatic rings. The Morgan fingerprint density at radius 1 is 1.15 bits per heavy atom. The normalized spacial score (nSPS) is 12.9. The lowest BCUT2D eigenvalue weighted by Gasteiger charge is -2.20. The third-order valence-electron chi connectivity index (χ3n) is 3.58. The van der Waals surface area contributed by atoms with Gasteiger partial charge >= 0.3 is 5.69 Å². The Morgan fingerprint density at radius 3 is 2.30 bits per heavy atom. The summed E-state index contributed by atoms with van der Waals surface area (Å²) in [6.07, 6.45) is 4.70. The minimum absolute atomic E-state index is 0.00782. The summed E-state index contributed by atoms with van der Waals surface area (Å²) in [6.45, 7) is 7.99. The van der Waals surface area contributed by atoms with Gasteiger partial charge in [-0.15, -0.1) is 0 Å². The summed E-state index contributed by atoms with van der Waals surface area (Å²) < 4.78 is 1.38. The van der Waals surface area contributed by atoms with Crippen LogP contribution in [0.5, 0.6) is 0 Å². The number of nitrogens with one attached hydrogen (secondary N) is 1. The molecule has 0 bridgehead atoms. The van der Waals surface area contributed by atoms with Gasteiger partial charge in [0, 0.05) is 6.04 Å². The number of H-pyrrole nitrogens is 1. The Labute approximate surface area is 125 Å². The van der Waals surface area contributed by atoms with Crippen LogP contribution in [0.25, 0.3) is 0 Å².